The number of hydrogen-bond acceptors (Lipinski definition) is 3. The molecule has 0 spiro atoms. The molecule has 1 aromatic carbocycles. The number of hydrogen-bond donors (Lipinski definition) is 2. The predicted molar refractivity (Wildman–Crippen MR) is 71.6 cm³/mol. The van der Waals surface area contributed by atoms with E-state index in [1.807, 2.05) is 0 Å². The predicted octanol–water partition coefficient (Wildman–Crippen LogP) is 3.81. The molecule has 0 amide bonds. The fourth-order valence-corrected chi connectivity index (χ4v) is 2.19. The highest BCUT2D eigenvalue weighted by Crippen LogP contribution is 2.30. The molecule has 0 aliphatic rings. The van der Waals surface area contributed by atoms with Crippen LogP contribution in [0.2, 0.25) is 0 Å². The van der Waals surface area contributed by atoms with Crippen LogP contribution in [0, 0.1) is 0 Å². The summed E-state index contributed by atoms with van der Waals surface area (Å²) in [6, 6.07) is 8.17. The molecule has 0 radical (unpaired) electrons. The van der Waals surface area contributed by atoms with Gasteiger partial charge in [-0.3, -0.25) is 5.84 Å². The molecule has 2 aromatic rings. The van der Waals surface area contributed by atoms with Crippen LogP contribution < -0.4 is 11.3 Å². The van der Waals surface area contributed by atoms with Gasteiger partial charge in [-0.1, -0.05) is 18.2 Å². The van der Waals surface area contributed by atoms with Crippen molar-refractivity contribution < 1.29 is 17.6 Å². The van der Waals surface area contributed by atoms with E-state index in [-0.39, 0.29) is 0 Å². The molecule has 108 valence electrons. The Labute approximate surface area is 122 Å². The van der Waals surface area contributed by atoms with Gasteiger partial charge in [-0.15, -0.1) is 0 Å². The summed E-state index contributed by atoms with van der Waals surface area (Å²) in [7, 11) is 0. The Balaban J connectivity index is 2.20. The minimum Gasteiger partial charge on any atom is -0.453 e. The standard InChI is InChI=1S/C13H12BrF3N2O/c14-12-5-4-11(20-12)10(19-18)7-8-2-1-3-9(6-8)13(15,16)17/h1-6,10,19H,7,18H2. The minimum absolute atomic E-state index is 0.292. The first kappa shape index (κ1) is 15.1. The van der Waals surface area contributed by atoms with Crippen molar-refractivity contribution in [2.75, 3.05) is 0 Å². The second-order valence-corrected chi connectivity index (χ2v) is 5.04. The van der Waals surface area contributed by atoms with Crippen LogP contribution in [-0.2, 0) is 12.6 Å². The number of nitrogens with two attached hydrogens (primary N) is 1. The lowest BCUT2D eigenvalue weighted by Gasteiger charge is -2.14. The number of nitrogens with one attached hydrogen (secondary N) is 1. The normalized spacial score (nSPS) is 13.4. The molecule has 0 saturated carbocycles. The summed E-state index contributed by atoms with van der Waals surface area (Å²) in [5.41, 5.74) is 2.39. The van der Waals surface area contributed by atoms with Crippen molar-refractivity contribution in [3.63, 3.8) is 0 Å². The molecule has 7 heteroatoms. The summed E-state index contributed by atoms with van der Waals surface area (Å²) in [5, 5.41) is 0. The number of hydrazine groups is 1. The van der Waals surface area contributed by atoms with Crippen LogP contribution in [0.25, 0.3) is 0 Å². The molecule has 1 aromatic heterocycles. The van der Waals surface area contributed by atoms with Crippen LogP contribution in [-0.4, -0.2) is 0 Å². The average Bonchev–Trinajstić information content (AvgIpc) is 2.82. The zero-order chi connectivity index (χ0) is 14.8. The molecular formula is C13H12BrF3N2O. The van der Waals surface area contributed by atoms with Gasteiger partial charge in [0.1, 0.15) is 5.76 Å². The Kier molecular flexibility index (Phi) is 4.52. The molecule has 0 aliphatic heterocycles. The van der Waals surface area contributed by atoms with Gasteiger partial charge >= 0.3 is 6.18 Å². The van der Waals surface area contributed by atoms with E-state index in [1.165, 1.54) is 6.07 Å². The van der Waals surface area contributed by atoms with Crippen LogP contribution in [0.4, 0.5) is 13.2 Å². The first-order chi connectivity index (χ1) is 9.40. The van der Waals surface area contributed by atoms with Gasteiger partial charge in [-0.2, -0.15) is 13.2 Å². The van der Waals surface area contributed by atoms with Gasteiger partial charge in [0.2, 0.25) is 0 Å². The molecule has 0 saturated heterocycles. The van der Waals surface area contributed by atoms with Crippen LogP contribution in [0.15, 0.2) is 45.5 Å². The number of furan rings is 1. The lowest BCUT2D eigenvalue weighted by atomic mass is 10.0. The van der Waals surface area contributed by atoms with Crippen molar-refractivity contribution in [1.82, 2.24) is 5.43 Å². The maximum absolute atomic E-state index is 12.6. The maximum Gasteiger partial charge on any atom is 0.416 e. The molecule has 3 nitrogen and oxygen atoms in total. The van der Waals surface area contributed by atoms with E-state index in [2.05, 4.69) is 21.4 Å². The van der Waals surface area contributed by atoms with Gasteiger partial charge in [-0.25, -0.2) is 5.43 Å². The largest absolute Gasteiger partial charge is 0.453 e. The molecule has 1 heterocycles. The lowest BCUT2D eigenvalue weighted by Crippen LogP contribution is -2.29. The Morgan fingerprint density at radius 2 is 2.00 bits per heavy atom. The van der Waals surface area contributed by atoms with Gasteiger partial charge in [-0.05, 0) is 46.1 Å². The van der Waals surface area contributed by atoms with E-state index in [4.69, 9.17) is 10.3 Å². The van der Waals surface area contributed by atoms with Crippen LogP contribution in [0.1, 0.15) is 22.9 Å². The van der Waals surface area contributed by atoms with E-state index in [1.54, 1.807) is 18.2 Å². The Morgan fingerprint density at radius 1 is 1.25 bits per heavy atom. The quantitative estimate of drug-likeness (QED) is 0.652. The third-order valence-corrected chi connectivity index (χ3v) is 3.26. The third-order valence-electron chi connectivity index (χ3n) is 2.83. The molecule has 0 aliphatic carbocycles. The molecule has 3 N–H and O–H groups in total. The molecular weight excluding hydrogens is 337 g/mol. The summed E-state index contributed by atoms with van der Waals surface area (Å²) in [6.45, 7) is 0. The molecule has 1 unspecified atom stereocenters. The van der Waals surface area contributed by atoms with E-state index < -0.39 is 17.8 Å². The van der Waals surface area contributed by atoms with Crippen molar-refractivity contribution in [3.8, 4) is 0 Å². The van der Waals surface area contributed by atoms with Gasteiger partial charge in [0.15, 0.2) is 4.67 Å². The molecule has 0 bridgehead atoms. The molecule has 1 atom stereocenters. The van der Waals surface area contributed by atoms with E-state index in [0.29, 0.717) is 22.4 Å². The average molecular weight is 349 g/mol. The highest BCUT2D eigenvalue weighted by molar-refractivity contribution is 9.10. The van der Waals surface area contributed by atoms with E-state index >= 15 is 0 Å². The molecule has 20 heavy (non-hydrogen) atoms. The van der Waals surface area contributed by atoms with Crippen molar-refractivity contribution in [2.45, 2.75) is 18.6 Å². The second-order valence-electron chi connectivity index (χ2n) is 4.26. The second kappa shape index (κ2) is 5.99. The SMILES string of the molecule is NNC(Cc1cccc(C(F)(F)F)c1)c1ccc(Br)o1. The van der Waals surface area contributed by atoms with Crippen molar-refractivity contribution in [3.05, 3.63) is 58.0 Å². The van der Waals surface area contributed by atoms with Crippen LogP contribution in [0.5, 0.6) is 0 Å². The van der Waals surface area contributed by atoms with Crippen LogP contribution >= 0.6 is 15.9 Å². The number of rotatable bonds is 4. The van der Waals surface area contributed by atoms with E-state index in [9.17, 15) is 13.2 Å². The maximum atomic E-state index is 12.6. The number of halogens is 4. The van der Waals surface area contributed by atoms with Crippen molar-refractivity contribution in [2.24, 2.45) is 5.84 Å². The highest BCUT2D eigenvalue weighted by Gasteiger charge is 2.30. The number of alkyl halides is 3. The van der Waals surface area contributed by atoms with Crippen molar-refractivity contribution >= 4 is 15.9 Å². The monoisotopic (exact) mass is 348 g/mol. The smallest absolute Gasteiger partial charge is 0.416 e. The third kappa shape index (κ3) is 3.62. The summed E-state index contributed by atoms with van der Waals surface area (Å²) in [6.07, 6.45) is -4.06. The van der Waals surface area contributed by atoms with Gasteiger partial charge in [0, 0.05) is 0 Å². The zero-order valence-corrected chi connectivity index (χ0v) is 11.8. The Bertz CT molecular complexity index is 583. The highest BCUT2D eigenvalue weighted by atomic mass is 79.9. The lowest BCUT2D eigenvalue weighted by molar-refractivity contribution is -0.137. The number of benzene rings is 1. The van der Waals surface area contributed by atoms with Crippen molar-refractivity contribution in [1.29, 1.82) is 0 Å². The fraction of sp³-hybridized carbons (Fsp3) is 0.231. The van der Waals surface area contributed by atoms with Gasteiger partial charge < -0.3 is 4.42 Å². The zero-order valence-electron chi connectivity index (χ0n) is 10.2. The first-order valence-electron chi connectivity index (χ1n) is 5.77. The summed E-state index contributed by atoms with van der Waals surface area (Å²) >= 11 is 3.17. The minimum atomic E-state index is -4.35. The Morgan fingerprint density at radius 3 is 2.55 bits per heavy atom. The fourth-order valence-electron chi connectivity index (χ4n) is 1.87. The summed E-state index contributed by atoms with van der Waals surface area (Å²) in [5.74, 6) is 5.99. The first-order valence-corrected chi connectivity index (χ1v) is 6.57. The molecule has 0 fully saturated rings. The van der Waals surface area contributed by atoms with Gasteiger partial charge in [0.05, 0.1) is 11.6 Å². The van der Waals surface area contributed by atoms with Gasteiger partial charge in [0.25, 0.3) is 0 Å². The molecule has 2 rings (SSSR count). The topological polar surface area (TPSA) is 51.2 Å². The Hall–Kier alpha value is -1.31. The summed E-state index contributed by atoms with van der Waals surface area (Å²) in [4.78, 5) is 0. The van der Waals surface area contributed by atoms with Crippen LogP contribution in [0.3, 0.4) is 0 Å². The summed E-state index contributed by atoms with van der Waals surface area (Å²) < 4.78 is 43.8. The van der Waals surface area contributed by atoms with E-state index in [0.717, 1.165) is 12.1 Å².